The third-order valence-electron chi connectivity index (χ3n) is 11.0. The van der Waals surface area contributed by atoms with Crippen LogP contribution in [0.25, 0.3) is 0 Å². The molecule has 15 nitrogen and oxygen atoms in total. The fourth-order valence-corrected chi connectivity index (χ4v) is 7.73. The zero-order valence-electron chi connectivity index (χ0n) is 33.6. The van der Waals surface area contributed by atoms with Crippen molar-refractivity contribution in [3.05, 3.63) is 99.9 Å². The fourth-order valence-electron chi connectivity index (χ4n) is 7.73. The molecule has 4 amide bonds. The summed E-state index contributed by atoms with van der Waals surface area (Å²) in [6.07, 6.45) is 4.25. The number of piperidine rings is 1. The molecule has 5 heterocycles. The number of carbonyl (C=O) groups is 4. The van der Waals surface area contributed by atoms with Gasteiger partial charge in [-0.3, -0.25) is 24.0 Å². The van der Waals surface area contributed by atoms with Gasteiger partial charge in [-0.05, 0) is 70.4 Å². The molecule has 0 bridgehead atoms. The predicted octanol–water partition coefficient (Wildman–Crippen LogP) is 4.86. The van der Waals surface area contributed by atoms with Crippen LogP contribution in [0.1, 0.15) is 93.5 Å². The molecular formula is C41H49F2N9O6. The van der Waals surface area contributed by atoms with E-state index in [2.05, 4.69) is 20.7 Å². The molecule has 17 heteroatoms. The molecule has 4 aromatic rings. The molecule has 7 rings (SSSR count). The van der Waals surface area contributed by atoms with Crippen LogP contribution in [-0.2, 0) is 34.6 Å². The van der Waals surface area contributed by atoms with Gasteiger partial charge >= 0.3 is 6.09 Å². The molecule has 2 saturated heterocycles. The minimum atomic E-state index is -0.802. The molecule has 3 aliphatic heterocycles. The van der Waals surface area contributed by atoms with E-state index in [1.807, 2.05) is 54.0 Å². The Bertz CT molecular complexity index is 2190. The van der Waals surface area contributed by atoms with Gasteiger partial charge in [-0.2, -0.15) is 5.10 Å². The van der Waals surface area contributed by atoms with Crippen LogP contribution in [0.15, 0.2) is 48.8 Å². The molecule has 0 aliphatic carbocycles. The Morgan fingerprint density at radius 2 is 1.64 bits per heavy atom. The van der Waals surface area contributed by atoms with Crippen molar-refractivity contribution in [1.82, 2.24) is 39.3 Å². The predicted molar refractivity (Wildman–Crippen MR) is 208 cm³/mol. The van der Waals surface area contributed by atoms with Gasteiger partial charge in [0.25, 0.3) is 17.7 Å². The normalized spacial score (nSPS) is 16.7. The van der Waals surface area contributed by atoms with Gasteiger partial charge in [0, 0.05) is 75.9 Å². The summed E-state index contributed by atoms with van der Waals surface area (Å²) in [6.45, 7) is 9.90. The van der Waals surface area contributed by atoms with Crippen LogP contribution in [0.5, 0.6) is 0 Å². The van der Waals surface area contributed by atoms with Crippen LogP contribution >= 0.6 is 0 Å². The van der Waals surface area contributed by atoms with E-state index in [0.29, 0.717) is 50.3 Å². The molecule has 58 heavy (non-hydrogen) atoms. The van der Waals surface area contributed by atoms with Crippen molar-refractivity contribution in [1.29, 1.82) is 0 Å². The van der Waals surface area contributed by atoms with Gasteiger partial charge < -0.3 is 34.5 Å². The van der Waals surface area contributed by atoms with E-state index in [-0.39, 0.29) is 67.2 Å². The largest absolute Gasteiger partial charge is 0.444 e. The van der Waals surface area contributed by atoms with Crippen molar-refractivity contribution in [2.45, 2.75) is 77.4 Å². The van der Waals surface area contributed by atoms with Crippen LogP contribution < -0.4 is 10.6 Å². The third kappa shape index (κ3) is 8.05. The zero-order valence-corrected chi connectivity index (χ0v) is 33.6. The minimum absolute atomic E-state index is 0.0536. The maximum absolute atomic E-state index is 15.2. The second-order valence-electron chi connectivity index (χ2n) is 16.3. The van der Waals surface area contributed by atoms with Crippen molar-refractivity contribution >= 4 is 29.5 Å². The molecular weight excluding hydrogens is 753 g/mol. The Labute approximate surface area is 335 Å². The Balaban J connectivity index is 0.934. The summed E-state index contributed by atoms with van der Waals surface area (Å²) >= 11 is 0. The first-order chi connectivity index (χ1) is 27.5. The van der Waals surface area contributed by atoms with E-state index in [0.717, 1.165) is 29.1 Å². The lowest BCUT2D eigenvalue weighted by atomic mass is 9.88. The van der Waals surface area contributed by atoms with Gasteiger partial charge in [-0.1, -0.05) is 12.1 Å². The molecule has 0 saturated carbocycles. The van der Waals surface area contributed by atoms with E-state index < -0.39 is 28.7 Å². The number of ether oxygens (including phenoxy) is 2. The summed E-state index contributed by atoms with van der Waals surface area (Å²) in [5.41, 5.74) is 1.81. The highest BCUT2D eigenvalue weighted by molar-refractivity contribution is 6.05. The van der Waals surface area contributed by atoms with Gasteiger partial charge in [-0.25, -0.2) is 18.6 Å². The Morgan fingerprint density at radius 3 is 2.24 bits per heavy atom. The molecule has 0 atom stereocenters. The lowest BCUT2D eigenvalue weighted by molar-refractivity contribution is -0.163. The minimum Gasteiger partial charge on any atom is -0.444 e. The second kappa shape index (κ2) is 15.9. The van der Waals surface area contributed by atoms with Crippen molar-refractivity contribution in [3.63, 3.8) is 0 Å². The van der Waals surface area contributed by atoms with Crippen LogP contribution in [0.2, 0.25) is 0 Å². The van der Waals surface area contributed by atoms with E-state index in [1.54, 1.807) is 29.4 Å². The van der Waals surface area contributed by atoms with E-state index in [4.69, 9.17) is 9.47 Å². The molecule has 0 unspecified atom stereocenters. The summed E-state index contributed by atoms with van der Waals surface area (Å²) in [7, 11) is 3.03. The van der Waals surface area contributed by atoms with Crippen LogP contribution in [-0.4, -0.2) is 110 Å². The summed E-state index contributed by atoms with van der Waals surface area (Å²) in [6, 6.07) is 9.32. The number of hydrogen-bond acceptors (Lipinski definition) is 9. The van der Waals surface area contributed by atoms with Crippen molar-refractivity contribution in [2.75, 3.05) is 52.3 Å². The SMILES string of the molecule is Cc1c(C(=O)Nc2ccc(CNC(=O)c3ncc4n3CCN(Cc3c(F)cc(C(=O)N(C)C)cc3F)C43COC3)cc2)cnn1C1CCN(C(=O)OC(C)(C)C)CC1. The maximum atomic E-state index is 15.2. The lowest BCUT2D eigenvalue weighted by Gasteiger charge is -2.52. The number of likely N-dealkylation sites (tertiary alicyclic amines) is 1. The van der Waals surface area contributed by atoms with Crippen LogP contribution in [0.4, 0.5) is 19.3 Å². The standard InChI is InChI=1S/C41H49F2N9O6/c1-25-30(20-46-52(25)29-11-13-49(14-12-29)39(56)58-40(2,3)4)36(53)47-28-9-7-26(8-10-28)19-45-37(54)35-44-21-34-41(23-57-24-41)50(15-16-51(34)35)22-31-32(42)17-27(18-33(31)43)38(55)48(5)6/h7-10,17-18,20-21,29H,11-16,19,22-24H2,1-6H3,(H,45,54)(H,47,53). The zero-order chi connectivity index (χ0) is 41.5. The van der Waals surface area contributed by atoms with Crippen LogP contribution in [0, 0.1) is 18.6 Å². The summed E-state index contributed by atoms with van der Waals surface area (Å²) in [5.74, 6) is -2.55. The monoisotopic (exact) mass is 801 g/mol. The quantitative estimate of drug-likeness (QED) is 0.241. The summed E-state index contributed by atoms with van der Waals surface area (Å²) < 4.78 is 45.2. The average Bonchev–Trinajstić information content (AvgIpc) is 3.78. The summed E-state index contributed by atoms with van der Waals surface area (Å²) in [4.78, 5) is 60.8. The van der Waals surface area contributed by atoms with Gasteiger partial charge in [0.2, 0.25) is 0 Å². The second-order valence-corrected chi connectivity index (χ2v) is 16.3. The highest BCUT2D eigenvalue weighted by atomic mass is 19.1. The third-order valence-corrected chi connectivity index (χ3v) is 11.0. The van der Waals surface area contributed by atoms with Gasteiger partial charge in [0.1, 0.15) is 22.8 Å². The number of anilines is 1. The number of nitrogens with one attached hydrogen (secondary N) is 2. The fraction of sp³-hybridized carbons (Fsp3) is 0.463. The first kappa shape index (κ1) is 40.5. The number of aromatic nitrogens is 4. The molecule has 2 N–H and O–H groups in total. The molecule has 3 aliphatic rings. The number of nitrogens with zero attached hydrogens (tertiary/aromatic N) is 7. The number of benzene rings is 2. The smallest absolute Gasteiger partial charge is 0.410 e. The Hall–Kier alpha value is -5.68. The van der Waals surface area contributed by atoms with Crippen molar-refractivity contribution in [3.8, 4) is 0 Å². The Morgan fingerprint density at radius 1 is 0.966 bits per heavy atom. The van der Waals surface area contributed by atoms with Gasteiger partial charge in [0.15, 0.2) is 5.82 Å². The maximum Gasteiger partial charge on any atom is 0.410 e. The number of imidazole rings is 1. The van der Waals surface area contributed by atoms with Gasteiger partial charge in [-0.15, -0.1) is 0 Å². The molecule has 2 fully saturated rings. The molecule has 2 aromatic heterocycles. The lowest BCUT2D eigenvalue weighted by Crippen LogP contribution is -2.63. The van der Waals surface area contributed by atoms with Gasteiger partial charge in [0.05, 0.1) is 42.9 Å². The first-order valence-electron chi connectivity index (χ1n) is 19.3. The number of amides is 4. The number of rotatable bonds is 9. The topological polar surface area (TPSA) is 156 Å². The van der Waals surface area contributed by atoms with E-state index in [1.165, 1.54) is 19.0 Å². The van der Waals surface area contributed by atoms with E-state index >= 15 is 8.78 Å². The number of fused-ring (bicyclic) bond motifs is 2. The highest BCUT2D eigenvalue weighted by Crippen LogP contribution is 2.41. The van der Waals surface area contributed by atoms with E-state index in [9.17, 15) is 19.2 Å². The van der Waals surface area contributed by atoms with Crippen molar-refractivity contribution in [2.24, 2.45) is 0 Å². The highest BCUT2D eigenvalue weighted by Gasteiger charge is 2.51. The number of hydrogen-bond donors (Lipinski definition) is 2. The van der Waals surface area contributed by atoms with Crippen LogP contribution in [0.3, 0.4) is 0 Å². The number of carbonyl (C=O) groups excluding carboxylic acids is 4. The molecule has 0 radical (unpaired) electrons. The number of halogens is 2. The molecule has 1 spiro atoms. The average molecular weight is 802 g/mol. The molecule has 308 valence electrons. The summed E-state index contributed by atoms with van der Waals surface area (Å²) in [5, 5.41) is 10.4. The van der Waals surface area contributed by atoms with Crippen molar-refractivity contribution < 1.29 is 37.4 Å². The Kier molecular flexibility index (Phi) is 11.1. The molecule has 2 aromatic carbocycles. The first-order valence-corrected chi connectivity index (χ1v) is 19.3.